The van der Waals surface area contributed by atoms with E-state index in [9.17, 15) is 4.79 Å². The molecule has 0 radical (unpaired) electrons. The van der Waals surface area contributed by atoms with Crippen molar-refractivity contribution in [1.82, 2.24) is 14.5 Å². The lowest BCUT2D eigenvalue weighted by atomic mass is 10.2. The maximum atomic E-state index is 12.1. The fourth-order valence-corrected chi connectivity index (χ4v) is 2.72. The normalized spacial score (nSPS) is 10.7. The van der Waals surface area contributed by atoms with E-state index in [0.29, 0.717) is 5.69 Å². The highest BCUT2D eigenvalue weighted by Gasteiger charge is 2.10. The molecule has 6 heteroatoms. The van der Waals surface area contributed by atoms with Gasteiger partial charge < -0.3 is 9.88 Å². The van der Waals surface area contributed by atoms with Gasteiger partial charge >= 0.3 is 0 Å². The third-order valence-corrected chi connectivity index (χ3v) is 4.28. The fourth-order valence-electron chi connectivity index (χ4n) is 2.13. The third kappa shape index (κ3) is 2.78. The van der Waals surface area contributed by atoms with E-state index in [1.54, 1.807) is 11.7 Å². The summed E-state index contributed by atoms with van der Waals surface area (Å²) in [5, 5.41) is 5.49. The van der Waals surface area contributed by atoms with Crippen molar-refractivity contribution in [2.45, 2.75) is 20.8 Å². The molecule has 22 heavy (non-hydrogen) atoms. The zero-order valence-electron chi connectivity index (χ0n) is 12.6. The van der Waals surface area contributed by atoms with E-state index in [1.165, 1.54) is 11.3 Å². The average molecular weight is 312 g/mol. The van der Waals surface area contributed by atoms with Crippen LogP contribution in [0.2, 0.25) is 0 Å². The van der Waals surface area contributed by atoms with E-state index >= 15 is 0 Å². The second kappa shape index (κ2) is 5.73. The van der Waals surface area contributed by atoms with Gasteiger partial charge in [0.25, 0.3) is 5.91 Å². The number of benzene rings is 1. The number of rotatable bonds is 3. The molecule has 0 saturated heterocycles. The molecule has 5 nitrogen and oxygen atoms in total. The van der Waals surface area contributed by atoms with Gasteiger partial charge in [-0.2, -0.15) is 0 Å². The Morgan fingerprint density at radius 2 is 1.91 bits per heavy atom. The highest BCUT2D eigenvalue weighted by molar-refractivity contribution is 7.09. The number of anilines is 1. The van der Waals surface area contributed by atoms with Gasteiger partial charge in [-0.25, -0.2) is 9.97 Å². The Kier molecular flexibility index (Phi) is 3.77. The first kappa shape index (κ1) is 14.5. The summed E-state index contributed by atoms with van der Waals surface area (Å²) < 4.78 is 2.02. The molecule has 2 aromatic heterocycles. The van der Waals surface area contributed by atoms with Crippen LogP contribution in [0, 0.1) is 20.8 Å². The molecule has 0 bridgehead atoms. The number of thiazole rings is 1. The molecule has 0 spiro atoms. The summed E-state index contributed by atoms with van der Waals surface area (Å²) in [5.41, 5.74) is 4.33. The lowest BCUT2D eigenvalue weighted by Gasteiger charge is -2.08. The zero-order chi connectivity index (χ0) is 15.7. The maximum absolute atomic E-state index is 12.1. The minimum Gasteiger partial charge on any atom is -0.321 e. The molecule has 2 heterocycles. The second-order valence-corrected chi connectivity index (χ2v) is 6.10. The monoisotopic (exact) mass is 312 g/mol. The van der Waals surface area contributed by atoms with Crippen LogP contribution in [0.25, 0.3) is 5.69 Å². The van der Waals surface area contributed by atoms with Crippen LogP contribution in [0.4, 0.5) is 5.69 Å². The minimum absolute atomic E-state index is 0.188. The molecule has 3 rings (SSSR count). The van der Waals surface area contributed by atoms with Gasteiger partial charge in [-0.15, -0.1) is 11.3 Å². The molecule has 0 fully saturated rings. The van der Waals surface area contributed by atoms with E-state index in [0.717, 1.165) is 27.8 Å². The van der Waals surface area contributed by atoms with Gasteiger partial charge in [0.2, 0.25) is 0 Å². The number of nitrogens with zero attached hydrogens (tertiary/aromatic N) is 3. The molecular weight excluding hydrogens is 296 g/mol. The van der Waals surface area contributed by atoms with Crippen LogP contribution >= 0.6 is 11.3 Å². The van der Waals surface area contributed by atoms with Crippen LogP contribution in [0.15, 0.2) is 36.0 Å². The molecule has 1 N–H and O–H groups in total. The summed E-state index contributed by atoms with van der Waals surface area (Å²) in [4.78, 5) is 20.5. The van der Waals surface area contributed by atoms with Crippen LogP contribution in [0.5, 0.6) is 0 Å². The van der Waals surface area contributed by atoms with Crippen molar-refractivity contribution in [3.05, 3.63) is 58.1 Å². The number of aromatic nitrogens is 3. The van der Waals surface area contributed by atoms with Crippen LogP contribution in [-0.4, -0.2) is 20.4 Å². The van der Waals surface area contributed by atoms with Crippen molar-refractivity contribution in [2.24, 2.45) is 0 Å². The smallest absolute Gasteiger partial charge is 0.275 e. The topological polar surface area (TPSA) is 59.8 Å². The molecule has 0 aliphatic carbocycles. The minimum atomic E-state index is -0.188. The van der Waals surface area contributed by atoms with E-state index < -0.39 is 0 Å². The fraction of sp³-hybridized carbons (Fsp3) is 0.188. The van der Waals surface area contributed by atoms with Crippen molar-refractivity contribution in [2.75, 3.05) is 5.32 Å². The number of imidazole rings is 1. The lowest BCUT2D eigenvalue weighted by molar-refractivity contribution is 0.102. The number of nitrogens with one attached hydrogen (secondary N) is 1. The number of carbonyl (C=O) groups excluding carboxylic acids is 1. The van der Waals surface area contributed by atoms with Gasteiger partial charge in [0.15, 0.2) is 0 Å². The summed E-state index contributed by atoms with van der Waals surface area (Å²) in [6, 6.07) is 7.66. The molecule has 1 amide bonds. The molecule has 112 valence electrons. The first-order valence-electron chi connectivity index (χ1n) is 6.89. The number of aryl methyl sites for hydroxylation is 2. The number of hydrogen-bond donors (Lipinski definition) is 1. The van der Waals surface area contributed by atoms with Gasteiger partial charge in [-0.3, -0.25) is 4.79 Å². The Balaban J connectivity index is 1.77. The van der Waals surface area contributed by atoms with Crippen molar-refractivity contribution in [3.8, 4) is 5.69 Å². The quantitative estimate of drug-likeness (QED) is 0.805. The predicted octanol–water partition coefficient (Wildman–Crippen LogP) is 3.51. The first-order valence-corrected chi connectivity index (χ1v) is 7.77. The maximum Gasteiger partial charge on any atom is 0.275 e. The van der Waals surface area contributed by atoms with Gasteiger partial charge in [0.1, 0.15) is 5.69 Å². The van der Waals surface area contributed by atoms with Crippen molar-refractivity contribution >= 4 is 22.9 Å². The van der Waals surface area contributed by atoms with Gasteiger partial charge in [-0.1, -0.05) is 0 Å². The predicted molar refractivity (Wildman–Crippen MR) is 87.8 cm³/mol. The van der Waals surface area contributed by atoms with E-state index in [4.69, 9.17) is 0 Å². The summed E-state index contributed by atoms with van der Waals surface area (Å²) >= 11 is 1.46. The van der Waals surface area contributed by atoms with E-state index in [2.05, 4.69) is 15.3 Å². The van der Waals surface area contributed by atoms with Gasteiger partial charge in [0.05, 0.1) is 17.0 Å². The molecular formula is C16H16N4OS. The van der Waals surface area contributed by atoms with Crippen LogP contribution in [0.1, 0.15) is 26.9 Å². The highest BCUT2D eigenvalue weighted by Crippen LogP contribution is 2.17. The van der Waals surface area contributed by atoms with Crippen LogP contribution < -0.4 is 5.32 Å². The highest BCUT2D eigenvalue weighted by atomic mass is 32.1. The van der Waals surface area contributed by atoms with Crippen LogP contribution in [0.3, 0.4) is 0 Å². The average Bonchev–Trinajstić information content (AvgIpc) is 3.08. The Bertz CT molecular complexity index is 817. The second-order valence-electron chi connectivity index (χ2n) is 5.04. The molecule has 1 aromatic carbocycles. The standard InChI is InChI=1S/C16H16N4OS/c1-10-11(2)20(9-17-10)14-6-4-13(5-7-14)19-16(21)15-8-22-12(3)18-15/h4-9H,1-3H3,(H,19,21). The number of amides is 1. The van der Waals surface area contributed by atoms with Crippen LogP contribution in [-0.2, 0) is 0 Å². The SMILES string of the molecule is Cc1nc(C(=O)Nc2ccc(-n3cnc(C)c3C)cc2)cs1. The number of carbonyl (C=O) groups is 1. The Morgan fingerprint density at radius 1 is 1.18 bits per heavy atom. The van der Waals surface area contributed by atoms with Gasteiger partial charge in [-0.05, 0) is 45.0 Å². The Labute approximate surface area is 132 Å². The summed E-state index contributed by atoms with van der Waals surface area (Å²) in [5.74, 6) is -0.188. The summed E-state index contributed by atoms with van der Waals surface area (Å²) in [6.07, 6.45) is 1.80. The summed E-state index contributed by atoms with van der Waals surface area (Å²) in [7, 11) is 0. The largest absolute Gasteiger partial charge is 0.321 e. The van der Waals surface area contributed by atoms with Gasteiger partial charge in [0, 0.05) is 22.4 Å². The molecule has 0 aliphatic heterocycles. The number of hydrogen-bond acceptors (Lipinski definition) is 4. The summed E-state index contributed by atoms with van der Waals surface area (Å²) in [6.45, 7) is 5.89. The third-order valence-electron chi connectivity index (χ3n) is 3.51. The molecule has 3 aromatic rings. The molecule has 0 aliphatic rings. The van der Waals surface area contributed by atoms with E-state index in [1.807, 2.05) is 49.6 Å². The first-order chi connectivity index (χ1) is 10.5. The zero-order valence-corrected chi connectivity index (χ0v) is 13.4. The molecule has 0 saturated carbocycles. The van der Waals surface area contributed by atoms with Crippen molar-refractivity contribution in [1.29, 1.82) is 0 Å². The Morgan fingerprint density at radius 3 is 2.45 bits per heavy atom. The lowest BCUT2D eigenvalue weighted by Crippen LogP contribution is -2.12. The molecule has 0 atom stereocenters. The van der Waals surface area contributed by atoms with Crippen molar-refractivity contribution < 1.29 is 4.79 Å². The van der Waals surface area contributed by atoms with E-state index in [-0.39, 0.29) is 5.91 Å². The Hall–Kier alpha value is -2.47. The molecule has 0 unspecified atom stereocenters. The van der Waals surface area contributed by atoms with Crippen molar-refractivity contribution in [3.63, 3.8) is 0 Å².